The molecule has 2 aliphatic rings. The van der Waals surface area contributed by atoms with Gasteiger partial charge < -0.3 is 9.57 Å². The van der Waals surface area contributed by atoms with Gasteiger partial charge in [0.1, 0.15) is 11.9 Å². The summed E-state index contributed by atoms with van der Waals surface area (Å²) in [5.74, 6) is 1.20. The number of benzene rings is 2. The fourth-order valence-electron chi connectivity index (χ4n) is 3.38. The average Bonchev–Trinajstić information content (AvgIpc) is 2.94. The predicted molar refractivity (Wildman–Crippen MR) is 81.7 cm³/mol. The minimum atomic E-state index is 0.0400. The van der Waals surface area contributed by atoms with Gasteiger partial charge >= 0.3 is 0 Å². The lowest BCUT2D eigenvalue weighted by Gasteiger charge is -2.15. The molecule has 1 heterocycles. The Hall–Kier alpha value is -2.29. The summed E-state index contributed by atoms with van der Waals surface area (Å²) in [5, 5.41) is 4.29. The molecule has 1 aliphatic carbocycles. The number of oxime groups is 1. The summed E-state index contributed by atoms with van der Waals surface area (Å²) < 4.78 is 5.21. The van der Waals surface area contributed by atoms with Gasteiger partial charge in [0.05, 0.1) is 18.7 Å². The fourth-order valence-corrected chi connectivity index (χ4v) is 3.38. The van der Waals surface area contributed by atoms with Gasteiger partial charge in [-0.05, 0) is 29.8 Å². The topological polar surface area (TPSA) is 30.8 Å². The minimum absolute atomic E-state index is 0.0400. The molecule has 21 heavy (non-hydrogen) atoms. The van der Waals surface area contributed by atoms with Gasteiger partial charge in [0.25, 0.3) is 0 Å². The highest BCUT2D eigenvalue weighted by Gasteiger charge is 2.70. The molecule has 0 amide bonds. The van der Waals surface area contributed by atoms with Gasteiger partial charge in [-0.15, -0.1) is 0 Å². The molecule has 3 atom stereocenters. The predicted octanol–water partition coefficient (Wildman–Crippen LogP) is 3.39. The first-order valence-corrected chi connectivity index (χ1v) is 7.19. The van der Waals surface area contributed by atoms with E-state index >= 15 is 0 Å². The van der Waals surface area contributed by atoms with Crippen molar-refractivity contribution in [3.63, 3.8) is 0 Å². The molecule has 1 saturated carbocycles. The molecular weight excluding hydrogens is 262 g/mol. The van der Waals surface area contributed by atoms with Crippen LogP contribution in [0, 0.1) is 5.92 Å². The molecule has 1 unspecified atom stereocenters. The van der Waals surface area contributed by atoms with Crippen molar-refractivity contribution in [3.8, 4) is 5.75 Å². The third-order valence-electron chi connectivity index (χ3n) is 4.77. The summed E-state index contributed by atoms with van der Waals surface area (Å²) in [4.78, 5) is 5.68. The zero-order chi connectivity index (χ0) is 14.4. The van der Waals surface area contributed by atoms with Crippen molar-refractivity contribution in [1.82, 2.24) is 0 Å². The Morgan fingerprint density at radius 3 is 2.43 bits per heavy atom. The third kappa shape index (κ3) is 1.70. The van der Waals surface area contributed by atoms with Crippen LogP contribution in [0.25, 0.3) is 0 Å². The lowest BCUT2D eigenvalue weighted by molar-refractivity contribution is 0.122. The first-order valence-electron chi connectivity index (χ1n) is 7.19. The van der Waals surface area contributed by atoms with Crippen LogP contribution in [-0.4, -0.2) is 18.9 Å². The Morgan fingerprint density at radius 2 is 1.76 bits per heavy atom. The number of ether oxygens (including phenoxy) is 1. The second-order valence-corrected chi connectivity index (χ2v) is 5.86. The monoisotopic (exact) mass is 279 g/mol. The van der Waals surface area contributed by atoms with Gasteiger partial charge in [-0.25, -0.2) is 0 Å². The van der Waals surface area contributed by atoms with Crippen LogP contribution in [0.4, 0.5) is 0 Å². The SMILES string of the molecule is COc1ccc(C2=NOC3[C@H]2[C@@]3(C)c2ccccc2)cc1. The molecule has 0 radical (unpaired) electrons. The average molecular weight is 279 g/mol. The van der Waals surface area contributed by atoms with E-state index in [4.69, 9.17) is 9.57 Å². The first kappa shape index (κ1) is 12.5. The van der Waals surface area contributed by atoms with Gasteiger partial charge in [-0.2, -0.15) is 0 Å². The summed E-state index contributed by atoms with van der Waals surface area (Å²) >= 11 is 0. The van der Waals surface area contributed by atoms with Gasteiger partial charge in [-0.1, -0.05) is 42.4 Å². The van der Waals surface area contributed by atoms with Crippen molar-refractivity contribution in [1.29, 1.82) is 0 Å². The second-order valence-electron chi connectivity index (χ2n) is 5.86. The maximum absolute atomic E-state index is 5.68. The minimum Gasteiger partial charge on any atom is -0.497 e. The van der Waals surface area contributed by atoms with Crippen molar-refractivity contribution in [3.05, 3.63) is 65.7 Å². The molecule has 2 aromatic rings. The van der Waals surface area contributed by atoms with Gasteiger partial charge in [0.2, 0.25) is 0 Å². The van der Waals surface area contributed by atoms with Crippen molar-refractivity contribution in [2.24, 2.45) is 11.1 Å². The van der Waals surface area contributed by atoms with Crippen molar-refractivity contribution >= 4 is 5.71 Å². The zero-order valence-corrected chi connectivity index (χ0v) is 12.1. The quantitative estimate of drug-likeness (QED) is 0.862. The highest BCUT2D eigenvalue weighted by Crippen LogP contribution is 2.60. The lowest BCUT2D eigenvalue weighted by Crippen LogP contribution is -2.15. The van der Waals surface area contributed by atoms with Crippen molar-refractivity contribution in [2.75, 3.05) is 7.11 Å². The molecule has 0 bridgehead atoms. The molecule has 106 valence electrons. The maximum Gasteiger partial charge on any atom is 0.147 e. The molecule has 1 aliphatic heterocycles. The van der Waals surface area contributed by atoms with Gasteiger partial charge in [0.15, 0.2) is 0 Å². The van der Waals surface area contributed by atoms with Crippen LogP contribution in [0.15, 0.2) is 59.8 Å². The Balaban J connectivity index is 1.65. The highest BCUT2D eigenvalue weighted by atomic mass is 16.7. The number of nitrogens with zero attached hydrogens (tertiary/aromatic N) is 1. The summed E-state index contributed by atoms with van der Waals surface area (Å²) in [5.41, 5.74) is 3.52. The van der Waals surface area contributed by atoms with E-state index in [0.717, 1.165) is 17.0 Å². The number of methoxy groups -OCH3 is 1. The summed E-state index contributed by atoms with van der Waals surface area (Å²) in [6.07, 6.45) is 0.164. The van der Waals surface area contributed by atoms with Gasteiger partial charge in [0, 0.05) is 11.0 Å². The van der Waals surface area contributed by atoms with E-state index in [0.29, 0.717) is 5.92 Å². The molecule has 0 spiro atoms. The number of fused-ring (bicyclic) bond motifs is 1. The molecule has 1 fully saturated rings. The number of hydrogen-bond acceptors (Lipinski definition) is 3. The Labute approximate surface area is 124 Å². The lowest BCUT2D eigenvalue weighted by atomic mass is 9.92. The van der Waals surface area contributed by atoms with Crippen LogP contribution >= 0.6 is 0 Å². The van der Waals surface area contributed by atoms with Gasteiger partial charge in [-0.3, -0.25) is 0 Å². The number of rotatable bonds is 3. The molecule has 0 saturated heterocycles. The summed E-state index contributed by atoms with van der Waals surface area (Å²) in [6.45, 7) is 2.26. The molecular formula is C18H17NO2. The van der Waals surface area contributed by atoms with Crippen LogP contribution in [0.5, 0.6) is 5.75 Å². The van der Waals surface area contributed by atoms with Crippen LogP contribution in [0.1, 0.15) is 18.1 Å². The van der Waals surface area contributed by atoms with Crippen LogP contribution in [0.2, 0.25) is 0 Å². The van der Waals surface area contributed by atoms with Crippen molar-refractivity contribution in [2.45, 2.75) is 18.4 Å². The first-order chi connectivity index (χ1) is 10.2. The van der Waals surface area contributed by atoms with E-state index < -0.39 is 0 Å². The standard InChI is InChI=1S/C18H17NO2/c1-18(13-6-4-3-5-7-13)15-16(19-21-17(15)18)12-8-10-14(20-2)11-9-12/h3-11,15,17H,1-2H3/t15-,17?,18+/m0/s1. The van der Waals surface area contributed by atoms with E-state index in [2.05, 4.69) is 36.3 Å². The van der Waals surface area contributed by atoms with E-state index in [1.807, 2.05) is 30.3 Å². The normalized spacial score (nSPS) is 29.3. The molecule has 2 aromatic carbocycles. The summed E-state index contributed by atoms with van der Waals surface area (Å²) in [6, 6.07) is 18.6. The van der Waals surface area contributed by atoms with E-state index in [1.165, 1.54) is 5.56 Å². The van der Waals surface area contributed by atoms with Crippen molar-refractivity contribution < 1.29 is 9.57 Å². The second kappa shape index (κ2) is 4.35. The fraction of sp³-hybridized carbons (Fsp3) is 0.278. The Morgan fingerprint density at radius 1 is 1.05 bits per heavy atom. The van der Waals surface area contributed by atoms with Crippen LogP contribution in [-0.2, 0) is 10.3 Å². The van der Waals surface area contributed by atoms with Crippen LogP contribution < -0.4 is 4.74 Å². The molecule has 4 rings (SSSR count). The van der Waals surface area contributed by atoms with E-state index in [1.54, 1.807) is 7.11 Å². The zero-order valence-electron chi connectivity index (χ0n) is 12.1. The number of hydrogen-bond donors (Lipinski definition) is 0. The Bertz CT molecular complexity index is 693. The molecule has 0 aromatic heterocycles. The highest BCUT2D eigenvalue weighted by molar-refractivity contribution is 6.06. The third-order valence-corrected chi connectivity index (χ3v) is 4.77. The van der Waals surface area contributed by atoms with Crippen LogP contribution in [0.3, 0.4) is 0 Å². The van der Waals surface area contributed by atoms with E-state index in [9.17, 15) is 0 Å². The maximum atomic E-state index is 5.68. The smallest absolute Gasteiger partial charge is 0.147 e. The van der Waals surface area contributed by atoms with E-state index in [-0.39, 0.29) is 11.5 Å². The molecule has 3 nitrogen and oxygen atoms in total. The Kier molecular flexibility index (Phi) is 2.58. The molecule has 0 N–H and O–H groups in total. The molecule has 3 heteroatoms. The summed E-state index contributed by atoms with van der Waals surface area (Å²) in [7, 11) is 1.68. The largest absolute Gasteiger partial charge is 0.497 e.